The molecular weight excluding hydrogens is 247 g/mol. The number of benzene rings is 1. The third kappa shape index (κ3) is 3.63. The minimum atomic E-state index is -4.41. The molecule has 0 radical (unpaired) electrons. The summed E-state index contributed by atoms with van der Waals surface area (Å²) in [7, 11) is 0. The van der Waals surface area contributed by atoms with E-state index in [0.29, 0.717) is 5.56 Å². The molecule has 100 valence electrons. The predicted octanol–water partition coefficient (Wildman–Crippen LogP) is 1.24. The molecule has 1 unspecified atom stereocenters. The van der Waals surface area contributed by atoms with Crippen LogP contribution in [0.3, 0.4) is 0 Å². The number of hydrogen-bond acceptors (Lipinski definition) is 3. The van der Waals surface area contributed by atoms with Crippen molar-refractivity contribution in [1.82, 2.24) is 0 Å². The summed E-state index contributed by atoms with van der Waals surface area (Å²) in [5, 5.41) is 2.68. The molecule has 1 rings (SSSR count). The molecule has 0 aliphatic heterocycles. The van der Waals surface area contributed by atoms with Crippen molar-refractivity contribution in [2.75, 3.05) is 11.9 Å². The second kappa shape index (κ2) is 5.26. The summed E-state index contributed by atoms with van der Waals surface area (Å²) in [5.74, 6) is -0.716. The maximum Gasteiger partial charge on any atom is 0.416 e. The number of carbonyl (C=O) groups is 1. The topological polar surface area (TPSA) is 81.1 Å². The van der Waals surface area contributed by atoms with Crippen LogP contribution in [0.5, 0.6) is 0 Å². The second-order valence-corrected chi connectivity index (χ2v) is 3.92. The average molecular weight is 261 g/mol. The van der Waals surface area contributed by atoms with Gasteiger partial charge in [-0.25, -0.2) is 0 Å². The van der Waals surface area contributed by atoms with E-state index in [1.165, 1.54) is 6.07 Å². The van der Waals surface area contributed by atoms with Gasteiger partial charge in [-0.2, -0.15) is 13.2 Å². The first-order chi connectivity index (χ1) is 8.21. The van der Waals surface area contributed by atoms with Gasteiger partial charge in [0, 0.05) is 12.2 Å². The van der Waals surface area contributed by atoms with Gasteiger partial charge in [-0.1, -0.05) is 6.07 Å². The Kier molecular flexibility index (Phi) is 4.18. The summed E-state index contributed by atoms with van der Waals surface area (Å²) in [6, 6.07) is 2.37. The Hall–Kier alpha value is -1.76. The summed E-state index contributed by atoms with van der Waals surface area (Å²) in [5.41, 5.74) is 10.5. The fourth-order valence-corrected chi connectivity index (χ4v) is 1.31. The number of carbonyl (C=O) groups excluding carboxylic acids is 1. The number of halogens is 3. The van der Waals surface area contributed by atoms with Crippen LogP contribution in [0.25, 0.3) is 0 Å². The van der Waals surface area contributed by atoms with Crippen LogP contribution in [0.15, 0.2) is 18.2 Å². The minimum absolute atomic E-state index is 0.0164. The van der Waals surface area contributed by atoms with Crippen molar-refractivity contribution in [1.29, 1.82) is 0 Å². The van der Waals surface area contributed by atoms with Gasteiger partial charge in [0.25, 0.3) is 0 Å². The fraction of sp³-hybridized carbons (Fsp3) is 0.364. The lowest BCUT2D eigenvalue weighted by atomic mass is 10.1. The lowest BCUT2D eigenvalue weighted by Crippen LogP contribution is -2.41. The van der Waals surface area contributed by atoms with E-state index in [4.69, 9.17) is 11.5 Å². The van der Waals surface area contributed by atoms with E-state index >= 15 is 0 Å². The summed E-state index contributed by atoms with van der Waals surface area (Å²) >= 11 is 0. The fourth-order valence-electron chi connectivity index (χ4n) is 1.31. The van der Waals surface area contributed by atoms with Crippen LogP contribution in [0.2, 0.25) is 0 Å². The summed E-state index contributed by atoms with van der Waals surface area (Å²) in [6.07, 6.45) is -4.41. The first kappa shape index (κ1) is 14.3. The van der Waals surface area contributed by atoms with E-state index in [-0.39, 0.29) is 12.2 Å². The molecule has 4 nitrogen and oxygen atoms in total. The van der Waals surface area contributed by atoms with E-state index in [1.807, 2.05) is 0 Å². The third-order valence-electron chi connectivity index (χ3n) is 2.44. The van der Waals surface area contributed by atoms with E-state index in [0.717, 1.165) is 12.1 Å². The van der Waals surface area contributed by atoms with Gasteiger partial charge >= 0.3 is 6.18 Å². The number of hydrogen-bond donors (Lipinski definition) is 3. The van der Waals surface area contributed by atoms with Gasteiger partial charge in [0.05, 0.1) is 5.56 Å². The molecule has 0 fully saturated rings. The van der Waals surface area contributed by atoms with Gasteiger partial charge in [0.2, 0.25) is 5.91 Å². The number of amides is 1. The first-order valence-corrected chi connectivity index (χ1v) is 5.18. The maximum absolute atomic E-state index is 12.5. The van der Waals surface area contributed by atoms with Crippen LogP contribution < -0.4 is 16.8 Å². The normalized spacial score (nSPS) is 13.2. The summed E-state index contributed by atoms with van der Waals surface area (Å²) in [6.45, 7) is 1.63. The Morgan fingerprint density at radius 3 is 2.56 bits per heavy atom. The molecule has 1 aromatic rings. The molecule has 7 heteroatoms. The highest BCUT2D eigenvalue weighted by Gasteiger charge is 2.30. The predicted molar refractivity (Wildman–Crippen MR) is 61.8 cm³/mol. The highest BCUT2D eigenvalue weighted by atomic mass is 19.4. The van der Waals surface area contributed by atoms with Crippen molar-refractivity contribution in [3.05, 3.63) is 29.3 Å². The van der Waals surface area contributed by atoms with Crippen LogP contribution in [0.4, 0.5) is 18.9 Å². The zero-order chi connectivity index (χ0) is 13.9. The van der Waals surface area contributed by atoms with Gasteiger partial charge in [0.1, 0.15) is 6.04 Å². The number of aryl methyl sites for hydroxylation is 1. The van der Waals surface area contributed by atoms with Crippen molar-refractivity contribution in [2.45, 2.75) is 19.1 Å². The second-order valence-electron chi connectivity index (χ2n) is 3.92. The van der Waals surface area contributed by atoms with Crippen LogP contribution in [0, 0.1) is 6.92 Å². The van der Waals surface area contributed by atoms with Crippen molar-refractivity contribution < 1.29 is 18.0 Å². The molecule has 0 bridgehead atoms. The Balaban J connectivity index is 2.85. The smallest absolute Gasteiger partial charge is 0.383 e. The van der Waals surface area contributed by atoms with Crippen molar-refractivity contribution >= 4 is 11.6 Å². The van der Waals surface area contributed by atoms with Crippen LogP contribution in [0.1, 0.15) is 11.1 Å². The molecule has 0 aliphatic rings. The minimum Gasteiger partial charge on any atom is -0.383 e. The monoisotopic (exact) mass is 261 g/mol. The molecule has 0 spiro atoms. The SMILES string of the molecule is Cc1ccc(C(F)(F)F)cc1NCC(N)C(N)=O. The highest BCUT2D eigenvalue weighted by molar-refractivity contribution is 5.80. The van der Waals surface area contributed by atoms with Crippen molar-refractivity contribution in [3.8, 4) is 0 Å². The first-order valence-electron chi connectivity index (χ1n) is 5.18. The average Bonchev–Trinajstić information content (AvgIpc) is 2.25. The van der Waals surface area contributed by atoms with E-state index in [1.54, 1.807) is 6.92 Å². The van der Waals surface area contributed by atoms with Gasteiger partial charge in [0.15, 0.2) is 0 Å². The molecule has 0 heterocycles. The van der Waals surface area contributed by atoms with Gasteiger partial charge in [-0.05, 0) is 24.6 Å². The Morgan fingerprint density at radius 2 is 2.06 bits per heavy atom. The number of rotatable bonds is 4. The van der Waals surface area contributed by atoms with Gasteiger partial charge in [-0.15, -0.1) is 0 Å². The zero-order valence-corrected chi connectivity index (χ0v) is 9.71. The van der Waals surface area contributed by atoms with E-state index in [9.17, 15) is 18.0 Å². The van der Waals surface area contributed by atoms with Crippen LogP contribution >= 0.6 is 0 Å². The Morgan fingerprint density at radius 1 is 1.44 bits per heavy atom. The molecule has 0 saturated heterocycles. The molecule has 0 saturated carbocycles. The third-order valence-corrected chi connectivity index (χ3v) is 2.44. The molecule has 18 heavy (non-hydrogen) atoms. The van der Waals surface area contributed by atoms with Gasteiger partial charge in [-0.3, -0.25) is 4.79 Å². The van der Waals surface area contributed by atoms with Crippen LogP contribution in [-0.2, 0) is 11.0 Å². The van der Waals surface area contributed by atoms with Crippen molar-refractivity contribution in [2.24, 2.45) is 11.5 Å². The summed E-state index contributed by atoms with van der Waals surface area (Å²) < 4.78 is 37.5. The number of nitrogens with one attached hydrogen (secondary N) is 1. The molecule has 1 atom stereocenters. The maximum atomic E-state index is 12.5. The van der Waals surface area contributed by atoms with Gasteiger partial charge < -0.3 is 16.8 Å². The largest absolute Gasteiger partial charge is 0.416 e. The number of primary amides is 1. The molecule has 0 aliphatic carbocycles. The molecule has 1 amide bonds. The molecule has 5 N–H and O–H groups in total. The number of nitrogens with two attached hydrogens (primary N) is 2. The molecule has 1 aromatic carbocycles. The summed E-state index contributed by atoms with van der Waals surface area (Å²) in [4.78, 5) is 10.7. The quantitative estimate of drug-likeness (QED) is 0.762. The number of alkyl halides is 3. The molecular formula is C11H14F3N3O. The standard InChI is InChI=1S/C11H14F3N3O/c1-6-2-3-7(11(12,13)14)4-9(6)17-5-8(15)10(16)18/h2-4,8,17H,5,15H2,1H3,(H2,16,18). The highest BCUT2D eigenvalue weighted by Crippen LogP contribution is 2.31. The zero-order valence-electron chi connectivity index (χ0n) is 9.71. The lowest BCUT2D eigenvalue weighted by Gasteiger charge is -2.15. The van der Waals surface area contributed by atoms with Crippen molar-refractivity contribution in [3.63, 3.8) is 0 Å². The van der Waals surface area contributed by atoms with Crippen LogP contribution in [-0.4, -0.2) is 18.5 Å². The number of anilines is 1. The Labute approximate surface area is 102 Å². The Bertz CT molecular complexity index is 446. The van der Waals surface area contributed by atoms with E-state index < -0.39 is 23.7 Å². The molecule has 0 aromatic heterocycles. The van der Waals surface area contributed by atoms with E-state index in [2.05, 4.69) is 5.32 Å². The lowest BCUT2D eigenvalue weighted by molar-refractivity contribution is -0.137.